The van der Waals surface area contributed by atoms with Crippen molar-refractivity contribution in [3.63, 3.8) is 0 Å². The maximum atomic E-state index is 13.9. The van der Waals surface area contributed by atoms with Crippen LogP contribution in [0.4, 0.5) is 5.82 Å². The molecule has 2 unspecified atom stereocenters. The lowest BCUT2D eigenvalue weighted by molar-refractivity contribution is -0.126. The van der Waals surface area contributed by atoms with E-state index in [0.29, 0.717) is 6.54 Å². The van der Waals surface area contributed by atoms with E-state index >= 15 is 0 Å². The standard InChI is InChI=1S/C26H28N2OS2/c1-16-12-13-17(2)19(14-16)15-27-24-23(20-9-5-4-8-18(20)3)31-26(30)28(24)22-11-7-6-10-21(22)25(27)29/h4-5,8-9,12-14,21-22H,6-7,10-11,15H2,1-3H3. The molecule has 1 aliphatic heterocycles. The van der Waals surface area contributed by atoms with Crippen LogP contribution in [-0.4, -0.2) is 10.5 Å². The van der Waals surface area contributed by atoms with Gasteiger partial charge in [0, 0.05) is 6.04 Å². The van der Waals surface area contributed by atoms with Crippen LogP contribution < -0.4 is 4.90 Å². The third kappa shape index (κ3) is 3.48. The Kier molecular flexibility index (Phi) is 5.35. The van der Waals surface area contributed by atoms with E-state index in [2.05, 4.69) is 67.8 Å². The number of aryl methyl sites for hydroxylation is 3. The van der Waals surface area contributed by atoms with Gasteiger partial charge in [0.15, 0.2) is 3.95 Å². The van der Waals surface area contributed by atoms with Crippen LogP contribution in [0.25, 0.3) is 10.4 Å². The number of carbonyl (C=O) groups excluding carboxylic acids is 1. The molecular formula is C26H28N2OS2. The molecule has 2 aromatic carbocycles. The van der Waals surface area contributed by atoms with E-state index in [-0.39, 0.29) is 17.9 Å². The van der Waals surface area contributed by atoms with Gasteiger partial charge >= 0.3 is 0 Å². The van der Waals surface area contributed by atoms with Gasteiger partial charge in [-0.1, -0.05) is 60.9 Å². The SMILES string of the molecule is Cc1ccc(C)c(CN2C(=O)C3CCCCC3n3c2c(-c2ccccc2C)sc3=S)c1. The van der Waals surface area contributed by atoms with Crippen LogP contribution in [0.1, 0.15) is 54.0 Å². The largest absolute Gasteiger partial charge is 0.305 e. The third-order valence-corrected chi connectivity index (χ3v) is 8.36. The lowest BCUT2D eigenvalue weighted by Gasteiger charge is -2.42. The maximum Gasteiger partial charge on any atom is 0.233 e. The van der Waals surface area contributed by atoms with Crippen molar-refractivity contribution in [1.82, 2.24) is 4.57 Å². The van der Waals surface area contributed by atoms with Crippen LogP contribution >= 0.6 is 23.6 Å². The molecule has 5 heteroatoms. The molecular weight excluding hydrogens is 420 g/mol. The second-order valence-electron chi connectivity index (χ2n) is 9.02. The average molecular weight is 449 g/mol. The second kappa shape index (κ2) is 8.03. The van der Waals surface area contributed by atoms with E-state index in [9.17, 15) is 4.79 Å². The van der Waals surface area contributed by atoms with Gasteiger partial charge in [0.1, 0.15) is 5.82 Å². The Morgan fingerprint density at radius 3 is 2.61 bits per heavy atom. The maximum absolute atomic E-state index is 13.9. The smallest absolute Gasteiger partial charge is 0.233 e. The molecule has 0 saturated heterocycles. The summed E-state index contributed by atoms with van der Waals surface area (Å²) in [6, 6.07) is 15.1. The van der Waals surface area contributed by atoms with E-state index in [4.69, 9.17) is 12.2 Å². The fraction of sp³-hybridized carbons (Fsp3) is 0.385. The van der Waals surface area contributed by atoms with Crippen molar-refractivity contribution < 1.29 is 4.79 Å². The van der Waals surface area contributed by atoms with E-state index in [1.54, 1.807) is 11.3 Å². The number of nitrogens with zero attached hydrogens (tertiary/aromatic N) is 2. The van der Waals surface area contributed by atoms with Crippen molar-refractivity contribution in [1.29, 1.82) is 0 Å². The Hall–Kier alpha value is -2.24. The van der Waals surface area contributed by atoms with Crippen molar-refractivity contribution >= 4 is 35.3 Å². The summed E-state index contributed by atoms with van der Waals surface area (Å²) in [5, 5.41) is 0. The van der Waals surface area contributed by atoms with Gasteiger partial charge in [0.05, 0.1) is 17.3 Å². The van der Waals surface area contributed by atoms with Crippen LogP contribution in [0.2, 0.25) is 0 Å². The van der Waals surface area contributed by atoms with Crippen LogP contribution in [0.3, 0.4) is 0 Å². The molecule has 1 amide bonds. The molecule has 0 radical (unpaired) electrons. The lowest BCUT2D eigenvalue weighted by Crippen LogP contribution is -2.47. The molecule has 1 saturated carbocycles. The normalized spacial score (nSPS) is 20.5. The first-order valence-corrected chi connectivity index (χ1v) is 12.4. The van der Waals surface area contributed by atoms with Crippen molar-refractivity contribution in [2.75, 3.05) is 4.90 Å². The first-order valence-electron chi connectivity index (χ1n) is 11.1. The highest BCUT2D eigenvalue weighted by Crippen LogP contribution is 2.49. The Balaban J connectivity index is 1.72. The summed E-state index contributed by atoms with van der Waals surface area (Å²) >= 11 is 7.58. The minimum Gasteiger partial charge on any atom is -0.305 e. The molecule has 0 N–H and O–H groups in total. The highest BCUT2D eigenvalue weighted by atomic mass is 32.1. The van der Waals surface area contributed by atoms with Gasteiger partial charge < -0.3 is 4.57 Å². The van der Waals surface area contributed by atoms with Crippen LogP contribution in [0.15, 0.2) is 42.5 Å². The molecule has 31 heavy (non-hydrogen) atoms. The molecule has 2 atom stereocenters. The van der Waals surface area contributed by atoms with E-state index < -0.39 is 0 Å². The van der Waals surface area contributed by atoms with Gasteiger partial charge in [-0.15, -0.1) is 11.3 Å². The Morgan fingerprint density at radius 1 is 1.03 bits per heavy atom. The number of benzene rings is 2. The summed E-state index contributed by atoms with van der Waals surface area (Å²) in [4.78, 5) is 17.1. The minimum atomic E-state index is 0.0392. The van der Waals surface area contributed by atoms with Crippen LogP contribution in [0, 0.1) is 30.6 Å². The summed E-state index contributed by atoms with van der Waals surface area (Å²) in [5.41, 5.74) is 6.05. The first-order chi connectivity index (χ1) is 15.0. The molecule has 0 bridgehead atoms. The summed E-state index contributed by atoms with van der Waals surface area (Å²) in [6.45, 7) is 6.98. The van der Waals surface area contributed by atoms with Gasteiger partial charge in [-0.25, -0.2) is 0 Å². The van der Waals surface area contributed by atoms with Crippen LogP contribution in [-0.2, 0) is 11.3 Å². The molecule has 1 fully saturated rings. The van der Waals surface area contributed by atoms with Crippen molar-refractivity contribution in [2.24, 2.45) is 5.92 Å². The highest BCUT2D eigenvalue weighted by molar-refractivity contribution is 7.73. The van der Waals surface area contributed by atoms with Gasteiger partial charge in [-0.2, -0.15) is 0 Å². The number of hydrogen-bond donors (Lipinski definition) is 0. The monoisotopic (exact) mass is 448 g/mol. The Labute approximate surface area is 193 Å². The van der Waals surface area contributed by atoms with Crippen molar-refractivity contribution in [3.05, 3.63) is 68.7 Å². The topological polar surface area (TPSA) is 25.2 Å². The van der Waals surface area contributed by atoms with Gasteiger partial charge in [0.25, 0.3) is 0 Å². The molecule has 5 rings (SSSR count). The molecule has 0 spiro atoms. The number of rotatable bonds is 3. The van der Waals surface area contributed by atoms with E-state index in [1.807, 2.05) is 4.90 Å². The predicted molar refractivity (Wildman–Crippen MR) is 131 cm³/mol. The average Bonchev–Trinajstić information content (AvgIpc) is 3.10. The Bertz CT molecular complexity index is 1220. The summed E-state index contributed by atoms with van der Waals surface area (Å²) < 4.78 is 3.22. The number of hydrogen-bond acceptors (Lipinski definition) is 3. The first kappa shape index (κ1) is 20.7. The highest BCUT2D eigenvalue weighted by Gasteiger charge is 2.43. The number of amides is 1. The second-order valence-corrected chi connectivity index (χ2v) is 10.7. The van der Waals surface area contributed by atoms with Crippen molar-refractivity contribution in [3.8, 4) is 10.4 Å². The molecule has 3 aromatic rings. The number of carbonyl (C=O) groups is 1. The van der Waals surface area contributed by atoms with E-state index in [1.165, 1.54) is 34.2 Å². The molecule has 1 aliphatic carbocycles. The zero-order chi connectivity index (χ0) is 21.7. The molecule has 1 aromatic heterocycles. The van der Waals surface area contributed by atoms with Crippen molar-refractivity contribution in [2.45, 2.75) is 59.0 Å². The van der Waals surface area contributed by atoms with Crippen LogP contribution in [0.5, 0.6) is 0 Å². The van der Waals surface area contributed by atoms with Gasteiger partial charge in [-0.3, -0.25) is 9.69 Å². The third-order valence-electron chi connectivity index (χ3n) is 6.94. The predicted octanol–water partition coefficient (Wildman–Crippen LogP) is 7.15. The summed E-state index contributed by atoms with van der Waals surface area (Å²) in [6.07, 6.45) is 4.30. The van der Waals surface area contributed by atoms with Gasteiger partial charge in [-0.05, 0) is 68.1 Å². The van der Waals surface area contributed by atoms with Gasteiger partial charge in [0.2, 0.25) is 5.91 Å². The fourth-order valence-electron chi connectivity index (χ4n) is 5.23. The minimum absolute atomic E-state index is 0.0392. The number of aromatic nitrogens is 1. The number of thiazole rings is 1. The molecule has 2 aliphatic rings. The number of anilines is 1. The molecule has 160 valence electrons. The Morgan fingerprint density at radius 2 is 1.81 bits per heavy atom. The molecule has 2 heterocycles. The zero-order valence-corrected chi connectivity index (χ0v) is 20.0. The lowest BCUT2D eigenvalue weighted by atomic mass is 9.81. The zero-order valence-electron chi connectivity index (χ0n) is 18.4. The fourth-order valence-corrected chi connectivity index (χ4v) is 6.84. The number of fused-ring (bicyclic) bond motifs is 3. The summed E-state index contributed by atoms with van der Waals surface area (Å²) in [7, 11) is 0. The quantitative estimate of drug-likeness (QED) is 0.398. The summed E-state index contributed by atoms with van der Waals surface area (Å²) in [5.74, 6) is 1.32. The van der Waals surface area contributed by atoms with E-state index in [0.717, 1.165) is 33.9 Å². The molecule has 3 nitrogen and oxygen atoms in total.